The van der Waals surface area contributed by atoms with Crippen LogP contribution in [0.15, 0.2) is 28.7 Å². The van der Waals surface area contributed by atoms with Gasteiger partial charge in [0, 0.05) is 16.5 Å². The standard InChI is InChI=1S/C14H16BrNO5/c1-2-21-12(17)8-7-11(14(19)20)16-13(18)9-3-5-10(15)6-4-9/h3-6,11H,2,7-8H2,1H3,(H,16,18)(H,19,20)/t11-/m0/s1. The molecule has 1 aromatic carbocycles. The molecule has 0 aromatic heterocycles. The van der Waals surface area contributed by atoms with Crippen LogP contribution in [0.5, 0.6) is 0 Å². The number of esters is 1. The normalized spacial score (nSPS) is 11.5. The lowest BCUT2D eigenvalue weighted by molar-refractivity contribution is -0.144. The second-order valence-electron chi connectivity index (χ2n) is 4.21. The van der Waals surface area contributed by atoms with Gasteiger partial charge in [0.15, 0.2) is 0 Å². The van der Waals surface area contributed by atoms with Crippen LogP contribution in [0.25, 0.3) is 0 Å². The third-order valence-corrected chi connectivity index (χ3v) is 3.18. The molecule has 7 heteroatoms. The molecule has 0 aliphatic carbocycles. The van der Waals surface area contributed by atoms with E-state index in [2.05, 4.69) is 21.2 Å². The molecular formula is C14H16BrNO5. The fraction of sp³-hybridized carbons (Fsp3) is 0.357. The van der Waals surface area contributed by atoms with Crippen LogP contribution in [0.4, 0.5) is 0 Å². The van der Waals surface area contributed by atoms with Crippen LogP contribution in [-0.2, 0) is 14.3 Å². The zero-order valence-corrected chi connectivity index (χ0v) is 13.1. The van der Waals surface area contributed by atoms with Crippen molar-refractivity contribution in [2.45, 2.75) is 25.8 Å². The Morgan fingerprint density at radius 1 is 1.29 bits per heavy atom. The maximum absolute atomic E-state index is 11.9. The molecule has 0 aliphatic heterocycles. The number of carboxylic acid groups (broad SMARTS) is 1. The van der Waals surface area contributed by atoms with Gasteiger partial charge in [-0.3, -0.25) is 9.59 Å². The zero-order chi connectivity index (χ0) is 15.8. The average molecular weight is 358 g/mol. The van der Waals surface area contributed by atoms with Crippen LogP contribution >= 0.6 is 15.9 Å². The lowest BCUT2D eigenvalue weighted by Gasteiger charge is -2.14. The molecule has 0 spiro atoms. The number of carboxylic acids is 1. The minimum Gasteiger partial charge on any atom is -0.480 e. The van der Waals surface area contributed by atoms with Gasteiger partial charge in [-0.15, -0.1) is 0 Å². The molecular weight excluding hydrogens is 342 g/mol. The second kappa shape index (κ2) is 8.41. The Labute approximate surface area is 130 Å². The maximum Gasteiger partial charge on any atom is 0.326 e. The fourth-order valence-corrected chi connectivity index (χ4v) is 1.86. The van der Waals surface area contributed by atoms with Crippen molar-refractivity contribution in [1.29, 1.82) is 0 Å². The molecule has 0 radical (unpaired) electrons. The van der Waals surface area contributed by atoms with Gasteiger partial charge in [0.25, 0.3) is 5.91 Å². The van der Waals surface area contributed by atoms with E-state index in [4.69, 9.17) is 9.84 Å². The predicted octanol–water partition coefficient (Wildman–Crippen LogP) is 1.98. The van der Waals surface area contributed by atoms with E-state index in [0.29, 0.717) is 5.56 Å². The van der Waals surface area contributed by atoms with E-state index >= 15 is 0 Å². The van der Waals surface area contributed by atoms with Crippen molar-refractivity contribution < 1.29 is 24.2 Å². The number of carbonyl (C=O) groups excluding carboxylic acids is 2. The number of hydrogen-bond acceptors (Lipinski definition) is 4. The molecule has 1 aromatic rings. The number of rotatable bonds is 7. The van der Waals surface area contributed by atoms with Crippen LogP contribution in [0.1, 0.15) is 30.1 Å². The van der Waals surface area contributed by atoms with Crippen molar-refractivity contribution >= 4 is 33.8 Å². The monoisotopic (exact) mass is 357 g/mol. The number of halogens is 1. The van der Waals surface area contributed by atoms with Gasteiger partial charge in [-0.2, -0.15) is 0 Å². The second-order valence-corrected chi connectivity index (χ2v) is 5.13. The molecule has 114 valence electrons. The van der Waals surface area contributed by atoms with Gasteiger partial charge in [-0.1, -0.05) is 15.9 Å². The summed E-state index contributed by atoms with van der Waals surface area (Å²) in [7, 11) is 0. The highest BCUT2D eigenvalue weighted by molar-refractivity contribution is 9.10. The average Bonchev–Trinajstić information content (AvgIpc) is 2.43. The first-order valence-corrected chi connectivity index (χ1v) is 7.18. The molecule has 21 heavy (non-hydrogen) atoms. The number of aliphatic carboxylic acids is 1. The summed E-state index contributed by atoms with van der Waals surface area (Å²) in [5.74, 6) is -2.18. The maximum atomic E-state index is 11.9. The topological polar surface area (TPSA) is 92.7 Å². The largest absolute Gasteiger partial charge is 0.480 e. The van der Waals surface area contributed by atoms with Gasteiger partial charge in [0.1, 0.15) is 6.04 Å². The lowest BCUT2D eigenvalue weighted by atomic mass is 10.1. The number of nitrogens with one attached hydrogen (secondary N) is 1. The molecule has 0 aliphatic rings. The summed E-state index contributed by atoms with van der Waals surface area (Å²) in [6, 6.07) is 5.38. The molecule has 6 nitrogen and oxygen atoms in total. The quantitative estimate of drug-likeness (QED) is 0.727. The van der Waals surface area contributed by atoms with E-state index in [9.17, 15) is 14.4 Å². The Kier molecular flexibility index (Phi) is 6.87. The summed E-state index contributed by atoms with van der Waals surface area (Å²) in [5, 5.41) is 11.5. The minimum absolute atomic E-state index is 0.0174. The third kappa shape index (κ3) is 5.95. The van der Waals surface area contributed by atoms with Gasteiger partial charge in [-0.25, -0.2) is 4.79 Å². The van der Waals surface area contributed by atoms with Crippen LogP contribution in [0, 0.1) is 0 Å². The van der Waals surface area contributed by atoms with Gasteiger partial charge >= 0.3 is 11.9 Å². The molecule has 0 heterocycles. The summed E-state index contributed by atoms with van der Waals surface area (Å²) in [5.41, 5.74) is 0.348. The molecule has 1 atom stereocenters. The summed E-state index contributed by atoms with van der Waals surface area (Å²) in [6.07, 6.45) is -0.0815. The molecule has 1 amide bonds. The zero-order valence-electron chi connectivity index (χ0n) is 11.5. The molecule has 0 saturated heterocycles. The van der Waals surface area contributed by atoms with E-state index in [1.807, 2.05) is 0 Å². The van der Waals surface area contributed by atoms with E-state index in [0.717, 1.165) is 4.47 Å². The lowest BCUT2D eigenvalue weighted by Crippen LogP contribution is -2.41. The first kappa shape index (κ1) is 17.2. The third-order valence-electron chi connectivity index (χ3n) is 2.65. The highest BCUT2D eigenvalue weighted by Crippen LogP contribution is 2.11. The Balaban J connectivity index is 2.61. The van der Waals surface area contributed by atoms with Crippen LogP contribution in [-0.4, -0.2) is 35.6 Å². The number of benzene rings is 1. The number of hydrogen-bond donors (Lipinski definition) is 2. The highest BCUT2D eigenvalue weighted by atomic mass is 79.9. The van der Waals surface area contributed by atoms with Crippen molar-refractivity contribution in [3.05, 3.63) is 34.3 Å². The highest BCUT2D eigenvalue weighted by Gasteiger charge is 2.21. The first-order valence-electron chi connectivity index (χ1n) is 6.39. The Morgan fingerprint density at radius 3 is 2.43 bits per heavy atom. The predicted molar refractivity (Wildman–Crippen MR) is 78.9 cm³/mol. The van der Waals surface area contributed by atoms with Crippen molar-refractivity contribution in [3.63, 3.8) is 0 Å². The number of ether oxygens (including phenoxy) is 1. The van der Waals surface area contributed by atoms with Crippen LogP contribution in [0.2, 0.25) is 0 Å². The van der Waals surface area contributed by atoms with Crippen molar-refractivity contribution in [2.24, 2.45) is 0 Å². The Bertz CT molecular complexity index is 515. The summed E-state index contributed by atoms with van der Waals surface area (Å²) >= 11 is 3.25. The van der Waals surface area contributed by atoms with Crippen LogP contribution < -0.4 is 5.32 Å². The van der Waals surface area contributed by atoms with Gasteiger partial charge in [0.2, 0.25) is 0 Å². The summed E-state index contributed by atoms with van der Waals surface area (Å²) in [4.78, 5) is 34.3. The molecule has 0 unspecified atom stereocenters. The van der Waals surface area contributed by atoms with Gasteiger partial charge < -0.3 is 15.2 Å². The fourth-order valence-electron chi connectivity index (χ4n) is 1.60. The number of carbonyl (C=O) groups is 3. The Hall–Kier alpha value is -1.89. The molecule has 1 rings (SSSR count). The van der Waals surface area contributed by atoms with E-state index < -0.39 is 23.9 Å². The van der Waals surface area contributed by atoms with E-state index in [1.165, 1.54) is 0 Å². The number of amides is 1. The van der Waals surface area contributed by atoms with Crippen LogP contribution in [0.3, 0.4) is 0 Å². The van der Waals surface area contributed by atoms with Crippen molar-refractivity contribution in [3.8, 4) is 0 Å². The van der Waals surface area contributed by atoms with Gasteiger partial charge in [-0.05, 0) is 37.6 Å². The molecule has 0 bridgehead atoms. The van der Waals surface area contributed by atoms with Crippen molar-refractivity contribution in [1.82, 2.24) is 5.32 Å². The van der Waals surface area contributed by atoms with E-state index in [1.54, 1.807) is 31.2 Å². The van der Waals surface area contributed by atoms with Gasteiger partial charge in [0.05, 0.1) is 6.61 Å². The van der Waals surface area contributed by atoms with Crippen molar-refractivity contribution in [2.75, 3.05) is 6.61 Å². The smallest absolute Gasteiger partial charge is 0.326 e. The first-order chi connectivity index (χ1) is 9.93. The SMILES string of the molecule is CCOC(=O)CC[C@H](NC(=O)c1ccc(Br)cc1)C(=O)O. The molecule has 0 fully saturated rings. The summed E-state index contributed by atoms with van der Waals surface area (Å²) in [6.45, 7) is 1.91. The molecule has 0 saturated carbocycles. The minimum atomic E-state index is -1.19. The summed E-state index contributed by atoms with van der Waals surface area (Å²) < 4.78 is 5.54. The molecule has 2 N–H and O–H groups in total. The Morgan fingerprint density at radius 2 is 1.90 bits per heavy atom. The van der Waals surface area contributed by atoms with E-state index in [-0.39, 0.29) is 19.4 Å².